The SMILES string of the molecule is CC(CCl)Nc1ccc2c(ccn2C)c1. The molecule has 0 saturated heterocycles. The highest BCUT2D eigenvalue weighted by Crippen LogP contribution is 2.20. The predicted molar refractivity (Wildman–Crippen MR) is 66.7 cm³/mol. The standard InChI is InChI=1S/C12H15ClN2/c1-9(8-13)14-11-3-4-12-10(7-11)5-6-15(12)2/h3-7,9,14H,8H2,1-2H3. The third-order valence-electron chi connectivity index (χ3n) is 2.53. The second kappa shape index (κ2) is 4.15. The van der Waals surface area contributed by atoms with Gasteiger partial charge in [0.2, 0.25) is 0 Å². The Morgan fingerprint density at radius 2 is 2.20 bits per heavy atom. The number of halogens is 1. The second-order valence-electron chi connectivity index (χ2n) is 3.90. The van der Waals surface area contributed by atoms with E-state index in [4.69, 9.17) is 11.6 Å². The van der Waals surface area contributed by atoms with Crippen LogP contribution in [0.1, 0.15) is 6.92 Å². The van der Waals surface area contributed by atoms with Gasteiger partial charge < -0.3 is 9.88 Å². The number of alkyl halides is 1. The number of benzene rings is 1. The molecule has 0 aliphatic carbocycles. The third-order valence-corrected chi connectivity index (χ3v) is 2.99. The van der Waals surface area contributed by atoms with Gasteiger partial charge in [0, 0.05) is 41.8 Å². The van der Waals surface area contributed by atoms with Gasteiger partial charge in [-0.05, 0) is 31.2 Å². The van der Waals surface area contributed by atoms with Crippen LogP contribution < -0.4 is 5.32 Å². The van der Waals surface area contributed by atoms with Crippen molar-refractivity contribution < 1.29 is 0 Å². The number of fused-ring (bicyclic) bond motifs is 1. The number of nitrogens with zero attached hydrogens (tertiary/aromatic N) is 1. The Bertz CT molecular complexity index is 462. The van der Waals surface area contributed by atoms with E-state index in [-0.39, 0.29) is 0 Å². The van der Waals surface area contributed by atoms with Gasteiger partial charge >= 0.3 is 0 Å². The van der Waals surface area contributed by atoms with Crippen molar-refractivity contribution in [3.63, 3.8) is 0 Å². The molecule has 3 heteroatoms. The fourth-order valence-corrected chi connectivity index (χ4v) is 1.77. The average Bonchev–Trinajstić information content (AvgIpc) is 2.60. The molecule has 2 rings (SSSR count). The molecular weight excluding hydrogens is 208 g/mol. The quantitative estimate of drug-likeness (QED) is 0.790. The van der Waals surface area contributed by atoms with Crippen molar-refractivity contribution in [3.05, 3.63) is 30.5 Å². The minimum atomic E-state index is 0.299. The lowest BCUT2D eigenvalue weighted by Crippen LogP contribution is -2.16. The zero-order chi connectivity index (χ0) is 10.8. The molecule has 1 aromatic heterocycles. The van der Waals surface area contributed by atoms with E-state index in [1.54, 1.807) is 0 Å². The topological polar surface area (TPSA) is 17.0 Å². The van der Waals surface area contributed by atoms with Crippen LogP contribution in [0.15, 0.2) is 30.5 Å². The average molecular weight is 223 g/mol. The third kappa shape index (κ3) is 2.10. The van der Waals surface area contributed by atoms with E-state index in [1.807, 2.05) is 0 Å². The van der Waals surface area contributed by atoms with Gasteiger partial charge in [-0.15, -0.1) is 11.6 Å². The molecule has 1 heterocycles. The van der Waals surface area contributed by atoms with Crippen LogP contribution in [0, 0.1) is 0 Å². The van der Waals surface area contributed by atoms with Crippen molar-refractivity contribution in [3.8, 4) is 0 Å². The smallest absolute Gasteiger partial charge is 0.0479 e. The molecule has 0 amide bonds. The first-order chi connectivity index (χ1) is 7.20. The zero-order valence-electron chi connectivity index (χ0n) is 9.00. The van der Waals surface area contributed by atoms with E-state index in [0.717, 1.165) is 5.69 Å². The van der Waals surface area contributed by atoms with Crippen molar-refractivity contribution in [2.45, 2.75) is 13.0 Å². The molecule has 0 aliphatic heterocycles. The summed E-state index contributed by atoms with van der Waals surface area (Å²) in [6.45, 7) is 2.07. The summed E-state index contributed by atoms with van der Waals surface area (Å²) in [6, 6.07) is 8.78. The number of hydrogen-bond acceptors (Lipinski definition) is 1. The first-order valence-electron chi connectivity index (χ1n) is 5.08. The first-order valence-corrected chi connectivity index (χ1v) is 5.62. The highest BCUT2D eigenvalue weighted by molar-refractivity contribution is 6.18. The van der Waals surface area contributed by atoms with Gasteiger partial charge in [0.1, 0.15) is 0 Å². The van der Waals surface area contributed by atoms with Gasteiger partial charge in [-0.1, -0.05) is 0 Å². The van der Waals surface area contributed by atoms with Crippen molar-refractivity contribution in [1.82, 2.24) is 4.57 Å². The summed E-state index contributed by atoms with van der Waals surface area (Å²) in [6.07, 6.45) is 2.07. The van der Waals surface area contributed by atoms with Gasteiger partial charge in [0.05, 0.1) is 0 Å². The summed E-state index contributed by atoms with van der Waals surface area (Å²) < 4.78 is 2.12. The highest BCUT2D eigenvalue weighted by atomic mass is 35.5. The minimum Gasteiger partial charge on any atom is -0.381 e. The van der Waals surface area contributed by atoms with Gasteiger partial charge in [-0.3, -0.25) is 0 Å². The number of aryl methyl sites for hydroxylation is 1. The summed E-state index contributed by atoms with van der Waals surface area (Å²) >= 11 is 5.76. The molecule has 0 bridgehead atoms. The van der Waals surface area contributed by atoms with E-state index in [1.165, 1.54) is 10.9 Å². The summed E-state index contributed by atoms with van der Waals surface area (Å²) in [4.78, 5) is 0. The number of anilines is 1. The van der Waals surface area contributed by atoms with Crippen molar-refractivity contribution in [1.29, 1.82) is 0 Å². The monoisotopic (exact) mass is 222 g/mol. The molecule has 0 aliphatic rings. The van der Waals surface area contributed by atoms with Gasteiger partial charge in [-0.2, -0.15) is 0 Å². The zero-order valence-corrected chi connectivity index (χ0v) is 9.75. The van der Waals surface area contributed by atoms with Crippen LogP contribution in [0.5, 0.6) is 0 Å². The van der Waals surface area contributed by atoms with Crippen molar-refractivity contribution >= 4 is 28.2 Å². The molecule has 1 N–H and O–H groups in total. The summed E-state index contributed by atoms with van der Waals surface area (Å²) in [5.41, 5.74) is 2.38. The molecule has 1 atom stereocenters. The Kier molecular flexibility index (Phi) is 2.87. The summed E-state index contributed by atoms with van der Waals surface area (Å²) in [5, 5.41) is 4.61. The fourth-order valence-electron chi connectivity index (χ4n) is 1.69. The van der Waals surface area contributed by atoms with E-state index < -0.39 is 0 Å². The molecule has 1 unspecified atom stereocenters. The van der Waals surface area contributed by atoms with Gasteiger partial charge in [0.25, 0.3) is 0 Å². The molecule has 1 aromatic carbocycles. The molecule has 0 radical (unpaired) electrons. The Morgan fingerprint density at radius 3 is 2.93 bits per heavy atom. The van der Waals surface area contributed by atoms with Crippen LogP contribution in [-0.4, -0.2) is 16.5 Å². The largest absolute Gasteiger partial charge is 0.381 e. The summed E-state index contributed by atoms with van der Waals surface area (Å²) in [7, 11) is 2.05. The summed E-state index contributed by atoms with van der Waals surface area (Å²) in [5.74, 6) is 0.618. The number of hydrogen-bond donors (Lipinski definition) is 1. The maximum Gasteiger partial charge on any atom is 0.0479 e. The Labute approximate surface area is 94.8 Å². The van der Waals surface area contributed by atoms with Crippen molar-refractivity contribution in [2.75, 3.05) is 11.2 Å². The van der Waals surface area contributed by atoms with Crippen LogP contribution in [-0.2, 0) is 7.05 Å². The maximum atomic E-state index is 5.76. The molecule has 0 saturated carbocycles. The Hall–Kier alpha value is -1.15. The predicted octanol–water partition coefficient (Wildman–Crippen LogP) is 3.22. The van der Waals surface area contributed by atoms with Crippen LogP contribution in [0.4, 0.5) is 5.69 Å². The molecule has 80 valence electrons. The lowest BCUT2D eigenvalue weighted by molar-refractivity contribution is 0.908. The van der Waals surface area contributed by atoms with Gasteiger partial charge in [0.15, 0.2) is 0 Å². The number of rotatable bonds is 3. The van der Waals surface area contributed by atoms with Crippen LogP contribution in [0.25, 0.3) is 10.9 Å². The fraction of sp³-hybridized carbons (Fsp3) is 0.333. The normalized spacial score (nSPS) is 13.0. The van der Waals surface area contributed by atoms with Crippen LogP contribution >= 0.6 is 11.6 Å². The second-order valence-corrected chi connectivity index (χ2v) is 4.21. The van der Waals surface area contributed by atoms with Crippen LogP contribution in [0.3, 0.4) is 0 Å². The minimum absolute atomic E-state index is 0.299. The number of nitrogens with one attached hydrogen (secondary N) is 1. The Morgan fingerprint density at radius 1 is 1.40 bits per heavy atom. The van der Waals surface area contributed by atoms with E-state index in [0.29, 0.717) is 11.9 Å². The molecule has 0 fully saturated rings. The molecular formula is C12H15ClN2. The lowest BCUT2D eigenvalue weighted by atomic mass is 10.2. The highest BCUT2D eigenvalue weighted by Gasteiger charge is 2.02. The van der Waals surface area contributed by atoms with E-state index >= 15 is 0 Å². The van der Waals surface area contributed by atoms with Crippen LogP contribution in [0.2, 0.25) is 0 Å². The molecule has 15 heavy (non-hydrogen) atoms. The molecule has 2 nitrogen and oxygen atoms in total. The lowest BCUT2D eigenvalue weighted by Gasteiger charge is -2.12. The van der Waals surface area contributed by atoms with E-state index in [2.05, 4.69) is 54.3 Å². The molecule has 2 aromatic rings. The number of aromatic nitrogens is 1. The first kappa shape index (κ1) is 10.4. The molecule has 0 spiro atoms. The van der Waals surface area contributed by atoms with Crippen molar-refractivity contribution in [2.24, 2.45) is 7.05 Å². The Balaban J connectivity index is 2.31. The van der Waals surface area contributed by atoms with E-state index in [9.17, 15) is 0 Å². The maximum absolute atomic E-state index is 5.76. The van der Waals surface area contributed by atoms with Gasteiger partial charge in [-0.25, -0.2) is 0 Å².